The van der Waals surface area contributed by atoms with Gasteiger partial charge in [-0.05, 0) is 30.6 Å². The Kier molecular flexibility index (Phi) is 4.18. The summed E-state index contributed by atoms with van der Waals surface area (Å²) >= 11 is 1.80. The number of ether oxygens (including phenoxy) is 2. The van der Waals surface area contributed by atoms with Crippen LogP contribution in [0.3, 0.4) is 0 Å². The van der Waals surface area contributed by atoms with Crippen LogP contribution in [0.4, 0.5) is 0 Å². The number of rotatable bonds is 4. The zero-order chi connectivity index (χ0) is 12.3. The van der Waals surface area contributed by atoms with Crippen LogP contribution in [-0.4, -0.2) is 30.3 Å². The van der Waals surface area contributed by atoms with E-state index in [1.165, 1.54) is 0 Å². The van der Waals surface area contributed by atoms with Crippen LogP contribution >= 0.6 is 11.8 Å². The second-order valence-corrected chi connectivity index (χ2v) is 5.16. The van der Waals surface area contributed by atoms with Crippen molar-refractivity contribution in [2.75, 3.05) is 19.1 Å². The SMILES string of the molecule is COc1ccc2c(c1)OC(CCSC)CC2O. The average molecular weight is 254 g/mol. The van der Waals surface area contributed by atoms with E-state index in [0.29, 0.717) is 6.42 Å². The van der Waals surface area contributed by atoms with Gasteiger partial charge >= 0.3 is 0 Å². The van der Waals surface area contributed by atoms with Crippen LogP contribution in [0.2, 0.25) is 0 Å². The molecule has 0 aromatic heterocycles. The first kappa shape index (κ1) is 12.6. The summed E-state index contributed by atoms with van der Waals surface area (Å²) < 4.78 is 11.1. The molecule has 94 valence electrons. The summed E-state index contributed by atoms with van der Waals surface area (Å²) in [7, 11) is 1.63. The second-order valence-electron chi connectivity index (χ2n) is 4.18. The molecule has 1 aliphatic rings. The zero-order valence-corrected chi connectivity index (χ0v) is 11.0. The molecule has 2 atom stereocenters. The van der Waals surface area contributed by atoms with Gasteiger partial charge in [-0.3, -0.25) is 0 Å². The molecule has 2 rings (SSSR count). The van der Waals surface area contributed by atoms with Crippen molar-refractivity contribution >= 4 is 11.8 Å². The van der Waals surface area contributed by atoms with Crippen LogP contribution in [0.5, 0.6) is 11.5 Å². The number of fused-ring (bicyclic) bond motifs is 1. The van der Waals surface area contributed by atoms with Crippen LogP contribution in [0.15, 0.2) is 18.2 Å². The molecule has 2 unspecified atom stereocenters. The fourth-order valence-corrected chi connectivity index (χ4v) is 2.55. The zero-order valence-electron chi connectivity index (χ0n) is 10.2. The van der Waals surface area contributed by atoms with Crippen LogP contribution < -0.4 is 9.47 Å². The molecule has 0 aliphatic carbocycles. The molecule has 1 aromatic rings. The van der Waals surface area contributed by atoms with Gasteiger partial charge in [-0.1, -0.05) is 0 Å². The molecule has 0 saturated heterocycles. The first-order valence-corrected chi connectivity index (χ1v) is 7.15. The Balaban J connectivity index is 2.15. The van der Waals surface area contributed by atoms with Gasteiger partial charge in [0, 0.05) is 18.1 Å². The van der Waals surface area contributed by atoms with Crippen molar-refractivity contribution in [3.63, 3.8) is 0 Å². The van der Waals surface area contributed by atoms with Crippen molar-refractivity contribution < 1.29 is 14.6 Å². The van der Waals surface area contributed by atoms with Gasteiger partial charge in [0.1, 0.15) is 17.6 Å². The molecule has 0 spiro atoms. The number of thioether (sulfide) groups is 1. The molecule has 17 heavy (non-hydrogen) atoms. The van der Waals surface area contributed by atoms with Crippen molar-refractivity contribution in [3.8, 4) is 11.5 Å². The second kappa shape index (κ2) is 5.65. The van der Waals surface area contributed by atoms with Crippen LogP contribution in [0.1, 0.15) is 24.5 Å². The molecule has 1 heterocycles. The van der Waals surface area contributed by atoms with E-state index >= 15 is 0 Å². The minimum Gasteiger partial charge on any atom is -0.497 e. The first-order valence-electron chi connectivity index (χ1n) is 5.76. The van der Waals surface area contributed by atoms with Crippen LogP contribution in [0, 0.1) is 0 Å². The molecule has 4 heteroatoms. The van der Waals surface area contributed by atoms with E-state index in [-0.39, 0.29) is 6.10 Å². The van der Waals surface area contributed by atoms with Crippen LogP contribution in [0.25, 0.3) is 0 Å². The molecule has 0 bridgehead atoms. The van der Waals surface area contributed by atoms with E-state index in [1.54, 1.807) is 18.9 Å². The minimum atomic E-state index is -0.420. The number of aliphatic hydroxyl groups is 1. The molecule has 0 saturated carbocycles. The standard InChI is InChI=1S/C13H18O3S/c1-15-9-3-4-11-12(14)7-10(5-6-17-2)16-13(11)8-9/h3-4,8,10,12,14H,5-7H2,1-2H3. The quantitative estimate of drug-likeness (QED) is 0.896. The van der Waals surface area contributed by atoms with E-state index in [4.69, 9.17) is 9.47 Å². The summed E-state index contributed by atoms with van der Waals surface area (Å²) in [5.74, 6) is 2.58. The van der Waals surface area contributed by atoms with Gasteiger partial charge in [-0.2, -0.15) is 11.8 Å². The van der Waals surface area contributed by atoms with Crippen molar-refractivity contribution in [2.24, 2.45) is 0 Å². The maximum Gasteiger partial charge on any atom is 0.129 e. The monoisotopic (exact) mass is 254 g/mol. The lowest BCUT2D eigenvalue weighted by Crippen LogP contribution is -2.26. The topological polar surface area (TPSA) is 38.7 Å². The summed E-state index contributed by atoms with van der Waals surface area (Å²) in [5.41, 5.74) is 0.867. The summed E-state index contributed by atoms with van der Waals surface area (Å²) in [5, 5.41) is 10.1. The lowest BCUT2D eigenvalue weighted by atomic mass is 9.98. The van der Waals surface area contributed by atoms with Crippen LogP contribution in [-0.2, 0) is 0 Å². The van der Waals surface area contributed by atoms with E-state index in [9.17, 15) is 5.11 Å². The van der Waals surface area contributed by atoms with E-state index < -0.39 is 6.10 Å². The Hall–Kier alpha value is -0.870. The largest absolute Gasteiger partial charge is 0.497 e. The third kappa shape index (κ3) is 2.87. The van der Waals surface area contributed by atoms with Gasteiger partial charge < -0.3 is 14.6 Å². The van der Waals surface area contributed by atoms with E-state index in [1.807, 2.05) is 18.2 Å². The van der Waals surface area contributed by atoms with Crippen molar-refractivity contribution in [1.82, 2.24) is 0 Å². The highest BCUT2D eigenvalue weighted by molar-refractivity contribution is 7.98. The lowest BCUT2D eigenvalue weighted by Gasteiger charge is -2.29. The Morgan fingerprint density at radius 3 is 3.06 bits per heavy atom. The highest BCUT2D eigenvalue weighted by Gasteiger charge is 2.26. The van der Waals surface area contributed by atoms with Gasteiger partial charge in [-0.15, -0.1) is 0 Å². The smallest absolute Gasteiger partial charge is 0.129 e. The molecule has 1 N–H and O–H groups in total. The number of hydrogen-bond donors (Lipinski definition) is 1. The fourth-order valence-electron chi connectivity index (χ4n) is 2.05. The Bertz CT molecular complexity index is 381. The molecular formula is C13H18O3S. The highest BCUT2D eigenvalue weighted by Crippen LogP contribution is 2.37. The molecular weight excluding hydrogens is 236 g/mol. The van der Waals surface area contributed by atoms with Crippen molar-refractivity contribution in [1.29, 1.82) is 0 Å². The van der Waals surface area contributed by atoms with Gasteiger partial charge in [0.15, 0.2) is 0 Å². The number of benzene rings is 1. The summed E-state index contributed by atoms with van der Waals surface area (Å²) in [6.07, 6.45) is 3.42. The van der Waals surface area contributed by atoms with E-state index in [0.717, 1.165) is 29.2 Å². The molecule has 1 aliphatic heterocycles. The van der Waals surface area contributed by atoms with Gasteiger partial charge in [0.2, 0.25) is 0 Å². The summed E-state index contributed by atoms with van der Waals surface area (Å²) in [6, 6.07) is 5.58. The van der Waals surface area contributed by atoms with Crippen molar-refractivity contribution in [2.45, 2.75) is 25.0 Å². The van der Waals surface area contributed by atoms with Crippen molar-refractivity contribution in [3.05, 3.63) is 23.8 Å². The van der Waals surface area contributed by atoms with Gasteiger partial charge in [0.05, 0.1) is 13.2 Å². The maximum absolute atomic E-state index is 10.1. The third-order valence-electron chi connectivity index (χ3n) is 3.00. The first-order chi connectivity index (χ1) is 8.24. The lowest BCUT2D eigenvalue weighted by molar-refractivity contribution is 0.0646. The molecule has 0 amide bonds. The molecule has 0 radical (unpaired) electrons. The number of aliphatic hydroxyl groups excluding tert-OH is 1. The predicted molar refractivity (Wildman–Crippen MR) is 70.0 cm³/mol. The van der Waals surface area contributed by atoms with Gasteiger partial charge in [-0.25, -0.2) is 0 Å². The normalized spacial score (nSPS) is 22.8. The number of hydrogen-bond acceptors (Lipinski definition) is 4. The Morgan fingerprint density at radius 1 is 1.53 bits per heavy atom. The maximum atomic E-state index is 10.1. The molecule has 0 fully saturated rings. The third-order valence-corrected chi connectivity index (χ3v) is 3.65. The molecule has 1 aromatic carbocycles. The average Bonchev–Trinajstić information content (AvgIpc) is 2.35. The summed E-state index contributed by atoms with van der Waals surface area (Å²) in [6.45, 7) is 0. The molecule has 3 nitrogen and oxygen atoms in total. The predicted octanol–water partition coefficient (Wildman–Crippen LogP) is 2.63. The highest BCUT2D eigenvalue weighted by atomic mass is 32.2. The van der Waals surface area contributed by atoms with E-state index in [2.05, 4.69) is 6.26 Å². The number of methoxy groups -OCH3 is 1. The summed E-state index contributed by atoms with van der Waals surface area (Å²) in [4.78, 5) is 0. The minimum absolute atomic E-state index is 0.108. The Labute approximate surface area is 106 Å². The van der Waals surface area contributed by atoms with Gasteiger partial charge in [0.25, 0.3) is 0 Å². The Morgan fingerprint density at radius 2 is 2.35 bits per heavy atom. The fraction of sp³-hybridized carbons (Fsp3) is 0.538.